The van der Waals surface area contributed by atoms with Gasteiger partial charge in [-0.15, -0.1) is 0 Å². The fourth-order valence-electron chi connectivity index (χ4n) is 5.77. The minimum absolute atomic E-state index is 0.123. The molecular weight excluding hydrogens is 582 g/mol. The third-order valence-corrected chi connectivity index (χ3v) is 8.99. The Labute approximate surface area is 271 Å². The van der Waals surface area contributed by atoms with Crippen molar-refractivity contribution in [3.63, 3.8) is 0 Å². The monoisotopic (exact) mass is 627 g/mol. The molecule has 238 valence electrons. The molecule has 0 bridgehead atoms. The van der Waals surface area contributed by atoms with Gasteiger partial charge in [0.25, 0.3) is 5.91 Å². The molecule has 1 aliphatic heterocycles. The van der Waals surface area contributed by atoms with Crippen molar-refractivity contribution < 1.29 is 9.53 Å². The minimum Gasteiger partial charge on any atom is -0.492 e. The van der Waals surface area contributed by atoms with Crippen LogP contribution < -0.4 is 20.1 Å². The number of hydrogen-bond acceptors (Lipinski definition) is 9. The smallest absolute Gasteiger partial charge is 0.255 e. The maximum atomic E-state index is 13.7. The van der Waals surface area contributed by atoms with Gasteiger partial charge in [0.15, 0.2) is 11.6 Å². The molecule has 1 fully saturated rings. The average molecular weight is 628 g/mol. The lowest BCUT2D eigenvalue weighted by atomic mass is 9.86. The predicted molar refractivity (Wildman–Crippen MR) is 187 cm³/mol. The van der Waals surface area contributed by atoms with Crippen LogP contribution >= 0.6 is 11.9 Å². The van der Waals surface area contributed by atoms with Gasteiger partial charge in [-0.3, -0.25) is 4.79 Å². The van der Waals surface area contributed by atoms with E-state index in [0.717, 1.165) is 65.3 Å². The SMILES string of the molecule is CCN1CCC(Cc2ccc3ncnc(Nc4cc(C(=O)Nc5cc(C(C)(C)C)cc(NSC)c5OC)ccc4C)c3n2)CC1. The molecule has 1 saturated heterocycles. The van der Waals surface area contributed by atoms with Crippen molar-refractivity contribution in [1.29, 1.82) is 0 Å². The number of fused-ring (bicyclic) bond motifs is 1. The predicted octanol–water partition coefficient (Wildman–Crippen LogP) is 7.60. The van der Waals surface area contributed by atoms with Crippen LogP contribution in [0.15, 0.2) is 48.8 Å². The van der Waals surface area contributed by atoms with Crippen molar-refractivity contribution in [2.24, 2.45) is 5.92 Å². The third kappa shape index (κ3) is 7.68. The number of methoxy groups -OCH3 is 1. The number of amides is 1. The van der Waals surface area contributed by atoms with E-state index in [4.69, 9.17) is 9.72 Å². The molecule has 0 radical (unpaired) electrons. The van der Waals surface area contributed by atoms with Crippen molar-refractivity contribution in [3.05, 3.63) is 71.2 Å². The Hall–Kier alpha value is -3.89. The van der Waals surface area contributed by atoms with Gasteiger partial charge in [-0.1, -0.05) is 45.7 Å². The molecule has 0 unspecified atom stereocenters. The van der Waals surface area contributed by atoms with Crippen LogP contribution in [0.1, 0.15) is 67.7 Å². The lowest BCUT2D eigenvalue weighted by Gasteiger charge is -2.30. The summed E-state index contributed by atoms with van der Waals surface area (Å²) in [5.41, 5.74) is 7.22. The Balaban J connectivity index is 1.40. The highest BCUT2D eigenvalue weighted by atomic mass is 32.2. The summed E-state index contributed by atoms with van der Waals surface area (Å²) in [7, 11) is 1.61. The van der Waals surface area contributed by atoms with Crippen LogP contribution in [0.4, 0.5) is 22.9 Å². The summed E-state index contributed by atoms with van der Waals surface area (Å²) >= 11 is 1.47. The Kier molecular flexibility index (Phi) is 10.1. The van der Waals surface area contributed by atoms with E-state index >= 15 is 0 Å². The van der Waals surface area contributed by atoms with Crippen LogP contribution in [0.2, 0.25) is 0 Å². The van der Waals surface area contributed by atoms with Crippen LogP contribution in [-0.4, -0.2) is 58.8 Å². The van der Waals surface area contributed by atoms with Gasteiger partial charge in [0.1, 0.15) is 11.8 Å². The van der Waals surface area contributed by atoms with Gasteiger partial charge in [0.2, 0.25) is 0 Å². The fourth-order valence-corrected chi connectivity index (χ4v) is 6.14. The Bertz CT molecular complexity index is 1660. The highest BCUT2D eigenvalue weighted by molar-refractivity contribution is 7.99. The van der Waals surface area contributed by atoms with Gasteiger partial charge < -0.3 is 25.0 Å². The van der Waals surface area contributed by atoms with Crippen LogP contribution in [0.25, 0.3) is 11.0 Å². The number of pyridine rings is 1. The average Bonchev–Trinajstić information content (AvgIpc) is 3.02. The zero-order chi connectivity index (χ0) is 32.1. The number of aryl methyl sites for hydroxylation is 1. The number of aromatic nitrogens is 3. The standard InChI is InChI=1S/C35H45N7O2S/c1-8-42-15-13-23(14-16-42)17-26-11-12-27-31(38-26)33(37-21-36-27)39-28-18-24(10-9-22(28)2)34(43)40-29-19-25(35(3,4)5)20-30(41-45-7)32(29)44-6/h9-12,18-21,23,41H,8,13-17H2,1-7H3,(H,40,43)(H,36,37,39). The van der Waals surface area contributed by atoms with Crippen LogP contribution in [0.5, 0.6) is 5.75 Å². The molecule has 1 amide bonds. The van der Waals surface area contributed by atoms with E-state index < -0.39 is 0 Å². The van der Waals surface area contributed by atoms with Crippen LogP contribution in [0.3, 0.4) is 0 Å². The number of piperidine rings is 1. The van der Waals surface area contributed by atoms with E-state index in [-0.39, 0.29) is 11.3 Å². The number of rotatable bonds is 10. The fraction of sp³-hybridized carbons (Fsp3) is 0.429. The first kappa shape index (κ1) is 32.5. The molecule has 3 N–H and O–H groups in total. The summed E-state index contributed by atoms with van der Waals surface area (Å²) in [5, 5.41) is 6.56. The van der Waals surface area contributed by atoms with E-state index in [1.165, 1.54) is 24.8 Å². The number of anilines is 4. The van der Waals surface area contributed by atoms with E-state index in [9.17, 15) is 4.79 Å². The van der Waals surface area contributed by atoms with E-state index in [1.54, 1.807) is 13.4 Å². The number of nitrogens with zero attached hydrogens (tertiary/aromatic N) is 4. The van der Waals surface area contributed by atoms with E-state index in [1.807, 2.05) is 43.5 Å². The zero-order valence-corrected chi connectivity index (χ0v) is 28.3. The largest absolute Gasteiger partial charge is 0.492 e. The summed E-state index contributed by atoms with van der Waals surface area (Å²) in [6.07, 6.45) is 6.84. The summed E-state index contributed by atoms with van der Waals surface area (Å²) in [5.74, 6) is 1.60. The molecule has 5 rings (SSSR count). The topological polar surface area (TPSA) is 104 Å². The molecule has 45 heavy (non-hydrogen) atoms. The Morgan fingerprint density at radius 3 is 2.49 bits per heavy atom. The van der Waals surface area contributed by atoms with Gasteiger partial charge >= 0.3 is 0 Å². The van der Waals surface area contributed by atoms with Gasteiger partial charge in [-0.25, -0.2) is 15.0 Å². The normalized spacial score (nSPS) is 14.4. The highest BCUT2D eigenvalue weighted by Gasteiger charge is 2.22. The summed E-state index contributed by atoms with van der Waals surface area (Å²) in [6.45, 7) is 14.1. The van der Waals surface area contributed by atoms with Gasteiger partial charge in [0.05, 0.1) is 24.0 Å². The number of carbonyl (C=O) groups is 1. The Morgan fingerprint density at radius 2 is 1.80 bits per heavy atom. The highest BCUT2D eigenvalue weighted by Crippen LogP contribution is 2.40. The molecule has 0 atom stereocenters. The molecule has 0 spiro atoms. The molecule has 4 aromatic rings. The number of likely N-dealkylation sites (tertiary alicyclic amines) is 1. The number of carbonyl (C=O) groups excluding carboxylic acids is 1. The second-order valence-corrected chi connectivity index (χ2v) is 13.4. The first-order valence-electron chi connectivity index (χ1n) is 15.6. The molecule has 0 saturated carbocycles. The number of hydrogen-bond donors (Lipinski definition) is 3. The zero-order valence-electron chi connectivity index (χ0n) is 27.5. The van der Waals surface area contributed by atoms with Crippen molar-refractivity contribution in [3.8, 4) is 5.75 Å². The summed E-state index contributed by atoms with van der Waals surface area (Å²) < 4.78 is 9.03. The molecule has 9 nitrogen and oxygen atoms in total. The number of ether oxygens (including phenoxy) is 1. The molecular formula is C35H45N7O2S. The second kappa shape index (κ2) is 14.0. The molecule has 10 heteroatoms. The van der Waals surface area contributed by atoms with Crippen molar-refractivity contribution in [2.45, 2.75) is 59.3 Å². The van der Waals surface area contributed by atoms with Gasteiger partial charge in [0, 0.05) is 23.2 Å². The Morgan fingerprint density at radius 1 is 1.04 bits per heavy atom. The molecule has 2 aromatic carbocycles. The van der Waals surface area contributed by atoms with E-state index in [2.05, 4.69) is 70.1 Å². The molecule has 2 aromatic heterocycles. The maximum absolute atomic E-state index is 13.7. The maximum Gasteiger partial charge on any atom is 0.255 e. The lowest BCUT2D eigenvalue weighted by molar-refractivity contribution is 0.102. The van der Waals surface area contributed by atoms with Gasteiger partial charge in [-0.05, 0) is 105 Å². The van der Waals surface area contributed by atoms with Crippen molar-refractivity contribution in [1.82, 2.24) is 19.9 Å². The third-order valence-electron chi connectivity index (χ3n) is 8.56. The van der Waals surface area contributed by atoms with Crippen molar-refractivity contribution in [2.75, 3.05) is 48.4 Å². The van der Waals surface area contributed by atoms with Gasteiger partial charge in [-0.2, -0.15) is 0 Å². The van der Waals surface area contributed by atoms with Crippen molar-refractivity contribution >= 4 is 51.8 Å². The number of nitrogens with one attached hydrogen (secondary N) is 3. The first-order chi connectivity index (χ1) is 21.6. The molecule has 3 heterocycles. The second-order valence-electron chi connectivity index (χ2n) is 12.7. The first-order valence-corrected chi connectivity index (χ1v) is 16.9. The summed E-state index contributed by atoms with van der Waals surface area (Å²) in [4.78, 5) is 30.2. The van der Waals surface area contributed by atoms with E-state index in [0.29, 0.717) is 28.7 Å². The van der Waals surface area contributed by atoms with Crippen LogP contribution in [0, 0.1) is 12.8 Å². The van der Waals surface area contributed by atoms with Crippen LogP contribution in [-0.2, 0) is 11.8 Å². The minimum atomic E-state index is -0.236. The molecule has 1 aliphatic rings. The quantitative estimate of drug-likeness (QED) is 0.153. The lowest BCUT2D eigenvalue weighted by Crippen LogP contribution is -2.34. The summed E-state index contributed by atoms with van der Waals surface area (Å²) in [6, 6.07) is 13.8. The molecule has 0 aliphatic carbocycles. The number of benzene rings is 2.